The van der Waals surface area contributed by atoms with Gasteiger partial charge in [-0.25, -0.2) is 4.39 Å². The molecule has 0 aliphatic rings. The molecule has 0 spiro atoms. The van der Waals surface area contributed by atoms with Crippen LogP contribution in [0.15, 0.2) is 40.2 Å². The standard InChI is InChI=1S/C13H11BrFNOS/c1-8(12-3-2-6-18-12)16-13(17)10-5-4-9(15)7-11(10)14/h2-8H,1H3,(H,16,17). The first-order chi connectivity index (χ1) is 8.58. The number of benzene rings is 1. The molecule has 0 bridgehead atoms. The van der Waals surface area contributed by atoms with Crippen LogP contribution < -0.4 is 5.32 Å². The van der Waals surface area contributed by atoms with Gasteiger partial charge in [-0.1, -0.05) is 6.07 Å². The summed E-state index contributed by atoms with van der Waals surface area (Å²) in [7, 11) is 0. The maximum absolute atomic E-state index is 12.9. The number of rotatable bonds is 3. The van der Waals surface area contributed by atoms with Crippen molar-refractivity contribution >= 4 is 33.2 Å². The molecule has 2 aromatic rings. The van der Waals surface area contributed by atoms with Crippen LogP contribution in [0.5, 0.6) is 0 Å². The first kappa shape index (κ1) is 13.2. The Bertz CT molecular complexity index is 556. The van der Waals surface area contributed by atoms with Gasteiger partial charge in [0, 0.05) is 9.35 Å². The average molecular weight is 328 g/mol. The number of nitrogens with one attached hydrogen (secondary N) is 1. The van der Waals surface area contributed by atoms with Crippen molar-refractivity contribution in [3.8, 4) is 0 Å². The third-order valence-electron chi connectivity index (χ3n) is 2.49. The van der Waals surface area contributed by atoms with E-state index in [0.717, 1.165) is 4.88 Å². The van der Waals surface area contributed by atoms with E-state index in [1.807, 2.05) is 24.4 Å². The minimum atomic E-state index is -0.371. The lowest BCUT2D eigenvalue weighted by Crippen LogP contribution is -2.26. The third kappa shape index (κ3) is 2.97. The van der Waals surface area contributed by atoms with Crippen LogP contribution in [0.4, 0.5) is 4.39 Å². The Morgan fingerprint density at radius 3 is 2.83 bits per heavy atom. The summed E-state index contributed by atoms with van der Waals surface area (Å²) in [6.45, 7) is 1.92. The van der Waals surface area contributed by atoms with Crippen LogP contribution in [0.3, 0.4) is 0 Å². The molecule has 1 atom stereocenters. The molecule has 5 heteroatoms. The number of carbonyl (C=O) groups is 1. The summed E-state index contributed by atoms with van der Waals surface area (Å²) in [5.41, 5.74) is 0.430. The SMILES string of the molecule is CC(NC(=O)c1ccc(F)cc1Br)c1cccs1. The molecule has 0 aliphatic carbocycles. The maximum Gasteiger partial charge on any atom is 0.252 e. The second-order valence-corrected chi connectivity index (χ2v) is 5.67. The lowest BCUT2D eigenvalue weighted by molar-refractivity contribution is 0.0939. The maximum atomic E-state index is 12.9. The second kappa shape index (κ2) is 5.63. The summed E-state index contributed by atoms with van der Waals surface area (Å²) in [6.07, 6.45) is 0. The first-order valence-corrected chi connectivity index (χ1v) is 7.04. The van der Waals surface area contributed by atoms with Crippen LogP contribution in [0, 0.1) is 5.82 Å². The summed E-state index contributed by atoms with van der Waals surface area (Å²) in [6, 6.07) is 7.87. The smallest absolute Gasteiger partial charge is 0.252 e. The topological polar surface area (TPSA) is 29.1 Å². The number of thiophene rings is 1. The van der Waals surface area contributed by atoms with Crippen LogP contribution in [0.1, 0.15) is 28.2 Å². The number of hydrogen-bond acceptors (Lipinski definition) is 2. The van der Waals surface area contributed by atoms with E-state index in [9.17, 15) is 9.18 Å². The molecule has 0 saturated heterocycles. The van der Waals surface area contributed by atoms with Crippen LogP contribution in [0.25, 0.3) is 0 Å². The predicted molar refractivity (Wildman–Crippen MR) is 74.3 cm³/mol. The molecule has 1 heterocycles. The minimum absolute atomic E-state index is 0.0607. The van der Waals surface area contributed by atoms with Crippen LogP contribution >= 0.6 is 27.3 Å². The molecular formula is C13H11BrFNOS. The zero-order chi connectivity index (χ0) is 13.1. The van der Waals surface area contributed by atoms with Crippen LogP contribution in [-0.4, -0.2) is 5.91 Å². The Morgan fingerprint density at radius 2 is 2.22 bits per heavy atom. The fourth-order valence-corrected chi connectivity index (χ4v) is 2.82. The lowest BCUT2D eigenvalue weighted by atomic mass is 10.2. The van der Waals surface area contributed by atoms with Gasteiger partial charge < -0.3 is 5.32 Å². The molecule has 18 heavy (non-hydrogen) atoms. The molecule has 0 saturated carbocycles. The highest BCUT2D eigenvalue weighted by Gasteiger charge is 2.14. The van der Waals surface area contributed by atoms with E-state index in [4.69, 9.17) is 0 Å². The summed E-state index contributed by atoms with van der Waals surface area (Å²) >= 11 is 4.78. The number of amides is 1. The van der Waals surface area contributed by atoms with Gasteiger partial charge in [0.15, 0.2) is 0 Å². The van der Waals surface area contributed by atoms with Gasteiger partial charge in [0.2, 0.25) is 0 Å². The number of carbonyl (C=O) groups excluding carboxylic acids is 1. The van der Waals surface area contributed by atoms with Crippen LogP contribution in [0.2, 0.25) is 0 Å². The monoisotopic (exact) mass is 327 g/mol. The van der Waals surface area contributed by atoms with Crippen molar-refractivity contribution in [2.75, 3.05) is 0 Å². The first-order valence-electron chi connectivity index (χ1n) is 5.37. The van der Waals surface area contributed by atoms with Crippen molar-refractivity contribution < 1.29 is 9.18 Å². The molecule has 1 aromatic carbocycles. The van der Waals surface area contributed by atoms with Crippen molar-refractivity contribution in [2.24, 2.45) is 0 Å². The van der Waals surface area contributed by atoms with Gasteiger partial charge in [0.1, 0.15) is 5.82 Å². The van der Waals surface area contributed by atoms with E-state index in [2.05, 4.69) is 21.2 Å². The van der Waals surface area contributed by atoms with E-state index < -0.39 is 0 Å². The molecule has 0 radical (unpaired) electrons. The predicted octanol–water partition coefficient (Wildman–Crippen LogP) is 4.14. The molecule has 94 valence electrons. The molecule has 2 nitrogen and oxygen atoms in total. The molecule has 0 fully saturated rings. The van der Waals surface area contributed by atoms with E-state index in [1.54, 1.807) is 11.3 Å². The summed E-state index contributed by atoms with van der Waals surface area (Å²) in [4.78, 5) is 13.1. The lowest BCUT2D eigenvalue weighted by Gasteiger charge is -2.13. The van der Waals surface area contributed by atoms with Crippen LogP contribution in [-0.2, 0) is 0 Å². The summed E-state index contributed by atoms with van der Waals surface area (Å²) in [5.74, 6) is -0.590. The molecular weight excluding hydrogens is 317 g/mol. The zero-order valence-corrected chi connectivity index (χ0v) is 12.0. The number of halogens is 2. The van der Waals surface area contributed by atoms with Gasteiger partial charge in [-0.3, -0.25) is 4.79 Å². The summed E-state index contributed by atoms with van der Waals surface area (Å²) in [5, 5.41) is 4.84. The second-order valence-electron chi connectivity index (χ2n) is 3.83. The minimum Gasteiger partial charge on any atom is -0.345 e. The van der Waals surface area contributed by atoms with E-state index >= 15 is 0 Å². The molecule has 0 aliphatic heterocycles. The van der Waals surface area contributed by atoms with Crippen molar-refractivity contribution in [3.63, 3.8) is 0 Å². The quantitative estimate of drug-likeness (QED) is 0.901. The Hall–Kier alpha value is -1.20. The highest BCUT2D eigenvalue weighted by molar-refractivity contribution is 9.10. The zero-order valence-electron chi connectivity index (χ0n) is 9.61. The van der Waals surface area contributed by atoms with E-state index in [-0.39, 0.29) is 17.8 Å². The number of hydrogen-bond donors (Lipinski definition) is 1. The average Bonchev–Trinajstić information content (AvgIpc) is 2.81. The largest absolute Gasteiger partial charge is 0.345 e. The molecule has 1 N–H and O–H groups in total. The Kier molecular flexibility index (Phi) is 4.14. The Morgan fingerprint density at radius 1 is 1.44 bits per heavy atom. The Balaban J connectivity index is 2.12. The normalized spacial score (nSPS) is 12.2. The van der Waals surface area contributed by atoms with Crippen molar-refractivity contribution in [2.45, 2.75) is 13.0 Å². The molecule has 2 rings (SSSR count). The summed E-state index contributed by atoms with van der Waals surface area (Å²) < 4.78 is 13.4. The van der Waals surface area contributed by atoms with Gasteiger partial charge in [-0.15, -0.1) is 11.3 Å². The highest BCUT2D eigenvalue weighted by atomic mass is 79.9. The van der Waals surface area contributed by atoms with Crippen molar-refractivity contribution in [1.29, 1.82) is 0 Å². The highest BCUT2D eigenvalue weighted by Crippen LogP contribution is 2.21. The fourth-order valence-electron chi connectivity index (χ4n) is 1.56. The van der Waals surface area contributed by atoms with Gasteiger partial charge in [0.25, 0.3) is 5.91 Å². The van der Waals surface area contributed by atoms with E-state index in [1.165, 1.54) is 18.2 Å². The van der Waals surface area contributed by atoms with Gasteiger partial charge >= 0.3 is 0 Å². The fraction of sp³-hybridized carbons (Fsp3) is 0.154. The van der Waals surface area contributed by atoms with Crippen molar-refractivity contribution in [3.05, 3.63) is 56.4 Å². The molecule has 1 aromatic heterocycles. The molecule has 1 unspecified atom stereocenters. The van der Waals surface area contributed by atoms with Gasteiger partial charge in [-0.05, 0) is 52.5 Å². The van der Waals surface area contributed by atoms with Gasteiger partial charge in [-0.2, -0.15) is 0 Å². The Labute approximate surface area is 117 Å². The van der Waals surface area contributed by atoms with Gasteiger partial charge in [0.05, 0.1) is 11.6 Å². The third-order valence-corrected chi connectivity index (χ3v) is 4.20. The van der Waals surface area contributed by atoms with E-state index in [0.29, 0.717) is 10.0 Å². The molecule has 1 amide bonds. The van der Waals surface area contributed by atoms with Crippen molar-refractivity contribution in [1.82, 2.24) is 5.32 Å².